The van der Waals surface area contributed by atoms with E-state index in [2.05, 4.69) is 66.7 Å². The number of fused-ring (bicyclic) bond motifs is 4. The van der Waals surface area contributed by atoms with Gasteiger partial charge in [-0.1, -0.05) is 24.3 Å². The maximum Gasteiger partial charge on any atom is 0.260 e. The normalized spacial score (nSPS) is 17.7. The third-order valence-corrected chi connectivity index (χ3v) is 11.0. The van der Waals surface area contributed by atoms with E-state index in [1.165, 1.54) is 11.1 Å². The van der Waals surface area contributed by atoms with Crippen LogP contribution in [0.4, 0.5) is 17.1 Å². The number of nitrogens with one attached hydrogen (secondary N) is 1. The number of amides is 1. The molecule has 0 fully saturated rings. The monoisotopic (exact) mass is 781 g/mol. The Morgan fingerprint density at radius 3 is 1.97 bits per heavy atom. The average molecular weight is 782 g/mol. The minimum absolute atomic E-state index is 0.106. The number of hydrogen-bond acceptors (Lipinski definition) is 10. The van der Waals surface area contributed by atoms with Crippen LogP contribution in [-0.2, 0) is 6.54 Å². The minimum atomic E-state index is -0.158. The zero-order chi connectivity index (χ0) is 40.2. The van der Waals surface area contributed by atoms with E-state index in [0.717, 1.165) is 66.1 Å². The largest absolute Gasteiger partial charge is 0.497 e. The number of carbonyl (C=O) groups is 1. The van der Waals surface area contributed by atoms with Gasteiger partial charge in [0.05, 0.1) is 63.6 Å². The lowest BCUT2D eigenvalue weighted by Gasteiger charge is -2.21. The summed E-state index contributed by atoms with van der Waals surface area (Å²) in [6.45, 7) is 5.99. The number of anilines is 1. The first-order valence-electron chi connectivity index (χ1n) is 20.1. The van der Waals surface area contributed by atoms with E-state index < -0.39 is 0 Å². The fourth-order valence-corrected chi connectivity index (χ4v) is 7.89. The summed E-state index contributed by atoms with van der Waals surface area (Å²) in [6.07, 6.45) is 12.3. The van der Waals surface area contributed by atoms with Crippen LogP contribution in [0.5, 0.6) is 28.7 Å². The summed E-state index contributed by atoms with van der Waals surface area (Å²) in [5.41, 5.74) is 8.83. The summed E-state index contributed by atoms with van der Waals surface area (Å²) in [7, 11) is 4.95. The van der Waals surface area contributed by atoms with Crippen molar-refractivity contribution in [2.75, 3.05) is 39.9 Å². The highest BCUT2D eigenvalue weighted by Gasteiger charge is 2.34. The van der Waals surface area contributed by atoms with Crippen LogP contribution in [0.25, 0.3) is 11.1 Å². The maximum atomic E-state index is 13.8. The lowest BCUT2D eigenvalue weighted by atomic mass is 10.0. The second-order valence-electron chi connectivity index (χ2n) is 15.3. The summed E-state index contributed by atoms with van der Waals surface area (Å²) in [4.78, 5) is 27.6. The van der Waals surface area contributed by atoms with Crippen molar-refractivity contribution in [2.45, 2.75) is 70.6 Å². The molecular weight excluding hydrogens is 731 g/mol. The predicted molar refractivity (Wildman–Crippen MR) is 230 cm³/mol. The predicted octanol–water partition coefficient (Wildman–Crippen LogP) is 9.46. The molecular formula is C47H51N5O6. The molecule has 4 aromatic rings. The number of aliphatic imine (C=N–C) groups is 2. The van der Waals surface area contributed by atoms with Crippen molar-refractivity contribution in [1.29, 1.82) is 0 Å². The van der Waals surface area contributed by atoms with Gasteiger partial charge in [-0.2, -0.15) is 0 Å². The minimum Gasteiger partial charge on any atom is -0.497 e. The summed E-state index contributed by atoms with van der Waals surface area (Å²) < 4.78 is 29.2. The Hall–Kier alpha value is -6.23. The Bertz CT molecular complexity index is 2260. The first-order valence-corrected chi connectivity index (χ1v) is 20.1. The van der Waals surface area contributed by atoms with Gasteiger partial charge in [0.2, 0.25) is 0 Å². The number of unbranched alkanes of at least 4 members (excludes halogenated alkanes) is 2. The van der Waals surface area contributed by atoms with Gasteiger partial charge in [0, 0.05) is 67.2 Å². The Balaban J connectivity index is 0.830. The van der Waals surface area contributed by atoms with Crippen LogP contribution in [0.2, 0.25) is 0 Å². The molecule has 0 spiro atoms. The number of hydrogen-bond donors (Lipinski definition) is 1. The van der Waals surface area contributed by atoms with E-state index in [4.69, 9.17) is 33.7 Å². The SMILES string of the molecule is COc1ccc(C2=CN3Cc4cc(OC)c(OCCCCCOc5cc6c(cc5OC)C(=O)N5C=C(c7ccc(NC(C)C)cc7)C[C@H]5C=N6)cc4N=C[C@@H]3C2)cc1. The second kappa shape index (κ2) is 17.1. The smallest absolute Gasteiger partial charge is 0.260 e. The first kappa shape index (κ1) is 38.6. The van der Waals surface area contributed by atoms with E-state index in [0.29, 0.717) is 59.9 Å². The van der Waals surface area contributed by atoms with Crippen molar-refractivity contribution in [3.63, 3.8) is 0 Å². The summed E-state index contributed by atoms with van der Waals surface area (Å²) >= 11 is 0. The molecule has 4 aliphatic rings. The maximum absolute atomic E-state index is 13.8. The molecule has 0 radical (unpaired) electrons. The molecule has 58 heavy (non-hydrogen) atoms. The van der Waals surface area contributed by atoms with E-state index >= 15 is 0 Å². The van der Waals surface area contributed by atoms with E-state index in [1.807, 2.05) is 49.0 Å². The van der Waals surface area contributed by atoms with Crippen molar-refractivity contribution < 1.29 is 28.5 Å². The molecule has 0 aromatic heterocycles. The van der Waals surface area contributed by atoms with Crippen molar-refractivity contribution in [3.8, 4) is 28.7 Å². The highest BCUT2D eigenvalue weighted by Crippen LogP contribution is 2.42. The molecule has 2 atom stereocenters. The second-order valence-corrected chi connectivity index (χ2v) is 15.3. The molecule has 11 nitrogen and oxygen atoms in total. The van der Waals surface area contributed by atoms with Crippen LogP contribution < -0.4 is 29.0 Å². The topological polar surface area (TPSA) is 106 Å². The molecule has 4 aromatic carbocycles. The van der Waals surface area contributed by atoms with Gasteiger partial charge in [-0.15, -0.1) is 0 Å². The highest BCUT2D eigenvalue weighted by molar-refractivity contribution is 6.05. The van der Waals surface area contributed by atoms with E-state index in [-0.39, 0.29) is 18.0 Å². The third-order valence-electron chi connectivity index (χ3n) is 11.0. The Morgan fingerprint density at radius 2 is 1.29 bits per heavy atom. The standard InChI is InChI=1S/C47H51N5O6/c1-30(2)50-36-13-9-31(10-14-36)34-20-38-26-49-42-24-46(44(56-5)22-40(42)47(53)52(38)29-34)58-18-8-6-7-17-57-45-23-41-35(21-43(45)55-4)28-51-27-33(19-37(51)25-48-41)32-11-15-39(54-3)16-12-32/h9-16,21-27,29-30,37-38,50H,6-8,17-20,28H2,1-5H3/t37-,38-/m0/s1. The molecule has 11 heteroatoms. The van der Waals surface area contributed by atoms with Gasteiger partial charge in [0.1, 0.15) is 5.75 Å². The Labute approximate surface area is 340 Å². The van der Waals surface area contributed by atoms with Crippen LogP contribution in [-0.4, -0.2) is 80.8 Å². The van der Waals surface area contributed by atoms with Crippen LogP contribution in [0.15, 0.2) is 95.2 Å². The molecule has 8 rings (SSSR count). The zero-order valence-electron chi connectivity index (χ0n) is 33.9. The van der Waals surface area contributed by atoms with Gasteiger partial charge >= 0.3 is 0 Å². The molecule has 0 unspecified atom stereocenters. The number of rotatable bonds is 15. The number of benzene rings is 4. The van der Waals surface area contributed by atoms with E-state index in [1.54, 1.807) is 32.3 Å². The fraction of sp³-hybridized carbons (Fsp3) is 0.340. The lowest BCUT2D eigenvalue weighted by Crippen LogP contribution is -2.32. The first-order chi connectivity index (χ1) is 28.3. The molecule has 0 saturated heterocycles. The van der Waals surface area contributed by atoms with E-state index in [9.17, 15) is 4.79 Å². The van der Waals surface area contributed by atoms with Crippen molar-refractivity contribution >= 4 is 46.5 Å². The van der Waals surface area contributed by atoms with Gasteiger partial charge in [-0.05, 0) is 98.2 Å². The molecule has 4 aliphatic heterocycles. The van der Waals surface area contributed by atoms with Crippen molar-refractivity contribution in [2.24, 2.45) is 9.98 Å². The molecule has 1 N–H and O–H groups in total. The summed E-state index contributed by atoms with van der Waals surface area (Å²) in [5.74, 6) is 3.21. The summed E-state index contributed by atoms with van der Waals surface area (Å²) in [6, 6.07) is 24.6. The van der Waals surface area contributed by atoms with Crippen LogP contribution >= 0.6 is 0 Å². The van der Waals surface area contributed by atoms with Gasteiger partial charge in [-0.3, -0.25) is 14.8 Å². The molecule has 300 valence electrons. The summed E-state index contributed by atoms with van der Waals surface area (Å²) in [5, 5.41) is 3.42. The average Bonchev–Trinajstić information content (AvgIpc) is 3.78. The van der Waals surface area contributed by atoms with Gasteiger partial charge < -0.3 is 38.8 Å². The Morgan fingerprint density at radius 1 is 0.690 bits per heavy atom. The molecule has 4 heterocycles. The van der Waals surface area contributed by atoms with Crippen LogP contribution in [0.3, 0.4) is 0 Å². The number of methoxy groups -OCH3 is 3. The molecule has 0 saturated carbocycles. The van der Waals surface area contributed by atoms with Crippen LogP contribution in [0, 0.1) is 0 Å². The number of carbonyl (C=O) groups excluding carboxylic acids is 1. The van der Waals surface area contributed by atoms with Gasteiger partial charge in [-0.25, -0.2) is 0 Å². The highest BCUT2D eigenvalue weighted by atomic mass is 16.5. The van der Waals surface area contributed by atoms with Gasteiger partial charge in [0.25, 0.3) is 5.91 Å². The molecule has 0 aliphatic carbocycles. The lowest BCUT2D eigenvalue weighted by molar-refractivity contribution is 0.0817. The number of ether oxygens (including phenoxy) is 5. The van der Waals surface area contributed by atoms with Gasteiger partial charge in [0.15, 0.2) is 23.0 Å². The third kappa shape index (κ3) is 8.25. The fourth-order valence-electron chi connectivity index (χ4n) is 7.89. The quantitative estimate of drug-likeness (QED) is 0.119. The Kier molecular flexibility index (Phi) is 11.4. The van der Waals surface area contributed by atoms with Crippen LogP contribution in [0.1, 0.15) is 73.0 Å². The number of nitrogens with zero attached hydrogens (tertiary/aromatic N) is 4. The van der Waals surface area contributed by atoms with Crippen molar-refractivity contribution in [1.82, 2.24) is 9.80 Å². The van der Waals surface area contributed by atoms with Crippen molar-refractivity contribution in [3.05, 3.63) is 107 Å². The zero-order valence-corrected chi connectivity index (χ0v) is 33.9. The molecule has 0 bridgehead atoms. The molecule has 1 amide bonds.